The van der Waals surface area contributed by atoms with Gasteiger partial charge < -0.3 is 14.5 Å². The van der Waals surface area contributed by atoms with Crippen LogP contribution in [0.25, 0.3) is 0 Å². The second kappa shape index (κ2) is 7.99. The summed E-state index contributed by atoms with van der Waals surface area (Å²) in [6, 6.07) is 3.29. The lowest BCUT2D eigenvalue weighted by Gasteiger charge is -2.39. The summed E-state index contributed by atoms with van der Waals surface area (Å²) in [6.07, 6.45) is 3.87. The first-order valence-corrected chi connectivity index (χ1v) is 9.71. The van der Waals surface area contributed by atoms with E-state index in [1.54, 1.807) is 4.90 Å². The summed E-state index contributed by atoms with van der Waals surface area (Å²) in [6.45, 7) is 1.73. The maximum Gasteiger partial charge on any atom is 0.308 e. The lowest BCUT2D eigenvalue weighted by Crippen LogP contribution is -2.54. The number of piperidine rings is 2. The number of carbonyl (C=O) groups excluding carboxylic acids is 3. The van der Waals surface area contributed by atoms with Gasteiger partial charge in [0.25, 0.3) is 5.91 Å². The molecule has 6 nitrogen and oxygen atoms in total. The monoisotopic (exact) mass is 364 g/mol. The van der Waals surface area contributed by atoms with Crippen LogP contribution in [0.1, 0.15) is 41.8 Å². The first-order chi connectivity index (χ1) is 12.1. The molecule has 7 heteroatoms. The molecular weight excluding hydrogens is 340 g/mol. The molecule has 2 aliphatic rings. The Morgan fingerprint density at radius 3 is 2.52 bits per heavy atom. The Morgan fingerprint density at radius 1 is 1.12 bits per heavy atom. The molecule has 3 rings (SSSR count). The molecular formula is C18H24N2O4S. The van der Waals surface area contributed by atoms with E-state index in [2.05, 4.69) is 0 Å². The Morgan fingerprint density at radius 2 is 1.88 bits per heavy atom. The largest absolute Gasteiger partial charge is 0.469 e. The lowest BCUT2D eigenvalue weighted by atomic mass is 9.95. The summed E-state index contributed by atoms with van der Waals surface area (Å²) < 4.78 is 4.80. The van der Waals surface area contributed by atoms with Crippen LogP contribution in [-0.2, 0) is 14.3 Å². The predicted molar refractivity (Wildman–Crippen MR) is 94.3 cm³/mol. The standard InChI is InChI=1S/C18H24N2O4S/c1-24-18(23)13-7-10-19(11-8-13)16(21)14-5-2-3-9-20(14)17(22)15-6-4-12-25-15/h4,6,12-14H,2-3,5,7-11H2,1H3. The molecule has 1 unspecified atom stereocenters. The van der Waals surface area contributed by atoms with Crippen LogP contribution >= 0.6 is 11.3 Å². The van der Waals surface area contributed by atoms with Gasteiger partial charge in [0.05, 0.1) is 17.9 Å². The highest BCUT2D eigenvalue weighted by Gasteiger charge is 2.37. The van der Waals surface area contributed by atoms with E-state index in [1.165, 1.54) is 18.4 Å². The van der Waals surface area contributed by atoms with Gasteiger partial charge in [-0.15, -0.1) is 11.3 Å². The van der Waals surface area contributed by atoms with Crippen molar-refractivity contribution in [2.45, 2.75) is 38.1 Å². The number of carbonyl (C=O) groups is 3. The molecule has 0 N–H and O–H groups in total. The fourth-order valence-electron chi connectivity index (χ4n) is 3.69. The molecule has 1 aromatic heterocycles. The zero-order valence-electron chi connectivity index (χ0n) is 14.5. The fraction of sp³-hybridized carbons (Fsp3) is 0.611. The van der Waals surface area contributed by atoms with Gasteiger partial charge in [-0.05, 0) is 43.6 Å². The number of hydrogen-bond acceptors (Lipinski definition) is 5. The van der Waals surface area contributed by atoms with Crippen LogP contribution in [-0.4, -0.2) is 60.4 Å². The first-order valence-electron chi connectivity index (χ1n) is 8.83. The maximum absolute atomic E-state index is 13.0. The molecule has 3 heterocycles. The highest BCUT2D eigenvalue weighted by molar-refractivity contribution is 7.12. The van der Waals surface area contributed by atoms with Crippen LogP contribution < -0.4 is 0 Å². The van der Waals surface area contributed by atoms with Gasteiger partial charge in [-0.25, -0.2) is 0 Å². The molecule has 1 aromatic rings. The summed E-state index contributed by atoms with van der Waals surface area (Å²) in [5, 5.41) is 1.88. The average molecular weight is 364 g/mol. The molecule has 2 saturated heterocycles. The van der Waals surface area contributed by atoms with Crippen LogP contribution in [0.2, 0.25) is 0 Å². The van der Waals surface area contributed by atoms with Gasteiger partial charge in [-0.1, -0.05) is 6.07 Å². The lowest BCUT2D eigenvalue weighted by molar-refractivity contribution is -0.149. The van der Waals surface area contributed by atoms with Crippen molar-refractivity contribution in [1.82, 2.24) is 9.80 Å². The third-order valence-electron chi connectivity index (χ3n) is 5.12. The molecule has 2 fully saturated rings. The second-order valence-electron chi connectivity index (χ2n) is 6.61. The number of thiophene rings is 1. The molecule has 0 bridgehead atoms. The fourth-order valence-corrected chi connectivity index (χ4v) is 4.37. The highest BCUT2D eigenvalue weighted by Crippen LogP contribution is 2.25. The Hall–Kier alpha value is -1.89. The number of likely N-dealkylation sites (tertiary alicyclic amines) is 2. The van der Waals surface area contributed by atoms with E-state index >= 15 is 0 Å². The molecule has 1 atom stereocenters. The third kappa shape index (κ3) is 3.86. The number of ether oxygens (including phenoxy) is 1. The Bertz CT molecular complexity index is 623. The van der Waals surface area contributed by atoms with Crippen molar-refractivity contribution in [1.29, 1.82) is 0 Å². The molecule has 0 radical (unpaired) electrons. The van der Waals surface area contributed by atoms with E-state index in [1.807, 2.05) is 22.4 Å². The molecule has 0 aliphatic carbocycles. The summed E-state index contributed by atoms with van der Waals surface area (Å²) in [5.74, 6) is -0.339. The van der Waals surface area contributed by atoms with E-state index in [-0.39, 0.29) is 29.7 Å². The van der Waals surface area contributed by atoms with E-state index < -0.39 is 0 Å². The average Bonchev–Trinajstić information content (AvgIpc) is 3.21. The normalized spacial score (nSPS) is 21.9. The highest BCUT2D eigenvalue weighted by atomic mass is 32.1. The van der Waals surface area contributed by atoms with Crippen molar-refractivity contribution in [3.63, 3.8) is 0 Å². The molecule has 25 heavy (non-hydrogen) atoms. The van der Waals surface area contributed by atoms with Gasteiger partial charge in [0.1, 0.15) is 6.04 Å². The zero-order chi connectivity index (χ0) is 17.8. The van der Waals surface area contributed by atoms with Crippen molar-refractivity contribution >= 4 is 29.1 Å². The van der Waals surface area contributed by atoms with Gasteiger partial charge in [0.2, 0.25) is 5.91 Å². The molecule has 2 amide bonds. The van der Waals surface area contributed by atoms with E-state index in [4.69, 9.17) is 4.74 Å². The van der Waals surface area contributed by atoms with Crippen LogP contribution in [0.15, 0.2) is 17.5 Å². The minimum absolute atomic E-state index is 0.0212. The van der Waals surface area contributed by atoms with Crippen LogP contribution in [0.4, 0.5) is 0 Å². The van der Waals surface area contributed by atoms with Crippen LogP contribution in [0.3, 0.4) is 0 Å². The number of amides is 2. The Labute approximate surface area is 151 Å². The van der Waals surface area contributed by atoms with Gasteiger partial charge >= 0.3 is 5.97 Å². The van der Waals surface area contributed by atoms with Crippen molar-refractivity contribution < 1.29 is 19.1 Å². The second-order valence-corrected chi connectivity index (χ2v) is 7.56. The minimum atomic E-state index is -0.377. The first kappa shape index (κ1) is 17.9. The van der Waals surface area contributed by atoms with Crippen molar-refractivity contribution in [2.75, 3.05) is 26.7 Å². The van der Waals surface area contributed by atoms with Gasteiger partial charge in [-0.2, -0.15) is 0 Å². The van der Waals surface area contributed by atoms with Gasteiger partial charge in [-0.3, -0.25) is 14.4 Å². The topological polar surface area (TPSA) is 66.9 Å². The number of esters is 1. The van der Waals surface area contributed by atoms with E-state index in [9.17, 15) is 14.4 Å². The maximum atomic E-state index is 13.0. The van der Waals surface area contributed by atoms with E-state index in [0.717, 1.165) is 12.8 Å². The summed E-state index contributed by atoms with van der Waals surface area (Å²) in [4.78, 5) is 41.6. The number of rotatable bonds is 3. The molecule has 0 spiro atoms. The quantitative estimate of drug-likeness (QED) is 0.771. The van der Waals surface area contributed by atoms with E-state index in [0.29, 0.717) is 43.8 Å². The number of methoxy groups -OCH3 is 1. The summed E-state index contributed by atoms with van der Waals surface area (Å²) in [5.41, 5.74) is 0. The Balaban J connectivity index is 1.65. The van der Waals surface area contributed by atoms with Crippen molar-refractivity contribution in [3.05, 3.63) is 22.4 Å². The van der Waals surface area contributed by atoms with Gasteiger partial charge in [0, 0.05) is 19.6 Å². The SMILES string of the molecule is COC(=O)C1CCN(C(=O)C2CCCCN2C(=O)c2cccs2)CC1. The molecule has 0 saturated carbocycles. The zero-order valence-corrected chi connectivity index (χ0v) is 15.3. The van der Waals surface area contributed by atoms with Crippen molar-refractivity contribution in [3.8, 4) is 0 Å². The predicted octanol–water partition coefficient (Wildman–Crippen LogP) is 2.15. The molecule has 2 aliphatic heterocycles. The number of nitrogens with zero attached hydrogens (tertiary/aromatic N) is 2. The minimum Gasteiger partial charge on any atom is -0.469 e. The summed E-state index contributed by atoms with van der Waals surface area (Å²) in [7, 11) is 1.40. The number of hydrogen-bond donors (Lipinski definition) is 0. The molecule has 0 aromatic carbocycles. The van der Waals surface area contributed by atoms with Crippen molar-refractivity contribution in [2.24, 2.45) is 5.92 Å². The third-order valence-corrected chi connectivity index (χ3v) is 5.98. The van der Waals surface area contributed by atoms with Crippen LogP contribution in [0.5, 0.6) is 0 Å². The van der Waals surface area contributed by atoms with Gasteiger partial charge in [0.15, 0.2) is 0 Å². The van der Waals surface area contributed by atoms with Crippen LogP contribution in [0, 0.1) is 5.92 Å². The smallest absolute Gasteiger partial charge is 0.308 e. The summed E-state index contributed by atoms with van der Waals surface area (Å²) >= 11 is 1.41. The Kier molecular flexibility index (Phi) is 5.73. The molecule has 136 valence electrons.